The zero-order chi connectivity index (χ0) is 15.8. The fourth-order valence-electron chi connectivity index (χ4n) is 2.06. The first-order chi connectivity index (χ1) is 10.7. The van der Waals surface area contributed by atoms with Crippen molar-refractivity contribution in [1.82, 2.24) is 0 Å². The summed E-state index contributed by atoms with van der Waals surface area (Å²) in [6.07, 6.45) is 2.86. The molecule has 0 amide bonds. The molecule has 0 radical (unpaired) electrons. The maximum Gasteiger partial charge on any atom is 0.305 e. The lowest BCUT2D eigenvalue weighted by Gasteiger charge is -2.07. The van der Waals surface area contributed by atoms with Gasteiger partial charge in [0, 0.05) is 6.42 Å². The smallest absolute Gasteiger partial charge is 0.305 e. The fraction of sp³-hybridized carbons (Fsp3) is 0.211. The van der Waals surface area contributed by atoms with Crippen molar-refractivity contribution in [3.05, 3.63) is 60.7 Å². The van der Waals surface area contributed by atoms with Crippen molar-refractivity contribution in [2.24, 2.45) is 0 Å². The SMILES string of the molecule is C=Cc1ccc(-c2ccc(OCCCC(=O)OC)cc2)cc1. The molecule has 0 aromatic heterocycles. The van der Waals surface area contributed by atoms with E-state index in [1.807, 2.05) is 42.5 Å². The van der Waals surface area contributed by atoms with Crippen LogP contribution in [0.2, 0.25) is 0 Å². The van der Waals surface area contributed by atoms with E-state index in [0.717, 1.165) is 22.4 Å². The van der Waals surface area contributed by atoms with Gasteiger partial charge in [-0.15, -0.1) is 0 Å². The van der Waals surface area contributed by atoms with Gasteiger partial charge in [-0.05, 0) is 35.2 Å². The van der Waals surface area contributed by atoms with E-state index in [4.69, 9.17) is 4.74 Å². The lowest BCUT2D eigenvalue weighted by molar-refractivity contribution is -0.140. The van der Waals surface area contributed by atoms with Gasteiger partial charge in [0.05, 0.1) is 13.7 Å². The van der Waals surface area contributed by atoms with Gasteiger partial charge in [0.2, 0.25) is 0 Å². The van der Waals surface area contributed by atoms with Crippen LogP contribution in [0.1, 0.15) is 18.4 Å². The van der Waals surface area contributed by atoms with Crippen molar-refractivity contribution in [3.8, 4) is 16.9 Å². The molecule has 0 atom stereocenters. The van der Waals surface area contributed by atoms with E-state index in [0.29, 0.717) is 19.4 Å². The van der Waals surface area contributed by atoms with E-state index >= 15 is 0 Å². The number of esters is 1. The van der Waals surface area contributed by atoms with Gasteiger partial charge in [-0.1, -0.05) is 49.1 Å². The number of hydrogen-bond acceptors (Lipinski definition) is 3. The Morgan fingerprint density at radius 3 is 2.18 bits per heavy atom. The van der Waals surface area contributed by atoms with E-state index in [1.54, 1.807) is 0 Å². The first-order valence-corrected chi connectivity index (χ1v) is 7.25. The van der Waals surface area contributed by atoms with Gasteiger partial charge in [-0.3, -0.25) is 4.79 Å². The summed E-state index contributed by atoms with van der Waals surface area (Å²) in [7, 11) is 1.39. The van der Waals surface area contributed by atoms with Crippen molar-refractivity contribution < 1.29 is 14.3 Å². The van der Waals surface area contributed by atoms with Gasteiger partial charge in [-0.25, -0.2) is 0 Å². The molecular weight excluding hydrogens is 276 g/mol. The number of hydrogen-bond donors (Lipinski definition) is 0. The van der Waals surface area contributed by atoms with Crippen molar-refractivity contribution in [2.75, 3.05) is 13.7 Å². The number of ether oxygens (including phenoxy) is 2. The van der Waals surface area contributed by atoms with Gasteiger partial charge < -0.3 is 9.47 Å². The van der Waals surface area contributed by atoms with E-state index in [1.165, 1.54) is 7.11 Å². The molecule has 0 aliphatic carbocycles. The Labute approximate surface area is 131 Å². The van der Waals surface area contributed by atoms with Crippen molar-refractivity contribution in [2.45, 2.75) is 12.8 Å². The minimum Gasteiger partial charge on any atom is -0.494 e. The Hall–Kier alpha value is -2.55. The van der Waals surface area contributed by atoms with E-state index in [2.05, 4.69) is 23.4 Å². The molecule has 0 fully saturated rings. The second-order valence-corrected chi connectivity index (χ2v) is 4.88. The third-order valence-corrected chi connectivity index (χ3v) is 3.36. The summed E-state index contributed by atoms with van der Waals surface area (Å²) in [4.78, 5) is 11.0. The fourth-order valence-corrected chi connectivity index (χ4v) is 2.06. The van der Waals surface area contributed by atoms with Crippen molar-refractivity contribution in [3.63, 3.8) is 0 Å². The second-order valence-electron chi connectivity index (χ2n) is 4.88. The molecule has 3 heteroatoms. The molecule has 2 rings (SSSR count). The van der Waals surface area contributed by atoms with Crippen LogP contribution in [0, 0.1) is 0 Å². The van der Waals surface area contributed by atoms with Gasteiger partial charge in [0.25, 0.3) is 0 Å². The summed E-state index contributed by atoms with van der Waals surface area (Å²) >= 11 is 0. The lowest BCUT2D eigenvalue weighted by atomic mass is 10.0. The molecule has 0 saturated heterocycles. The molecular formula is C19H20O3. The maximum absolute atomic E-state index is 11.0. The Balaban J connectivity index is 1.89. The van der Waals surface area contributed by atoms with Crippen LogP contribution in [-0.4, -0.2) is 19.7 Å². The first-order valence-electron chi connectivity index (χ1n) is 7.25. The highest BCUT2D eigenvalue weighted by molar-refractivity contribution is 5.69. The van der Waals surface area contributed by atoms with Gasteiger partial charge in [-0.2, -0.15) is 0 Å². The molecule has 0 bridgehead atoms. The quantitative estimate of drug-likeness (QED) is 0.563. The summed E-state index contributed by atoms with van der Waals surface area (Å²) in [5.41, 5.74) is 3.40. The number of rotatable bonds is 7. The molecule has 2 aromatic rings. The number of benzene rings is 2. The molecule has 3 nitrogen and oxygen atoms in total. The normalized spacial score (nSPS) is 10.0. The molecule has 0 unspecified atom stereocenters. The van der Waals surface area contributed by atoms with Crippen molar-refractivity contribution in [1.29, 1.82) is 0 Å². The summed E-state index contributed by atoms with van der Waals surface area (Å²) in [6.45, 7) is 4.25. The summed E-state index contributed by atoms with van der Waals surface area (Å²) in [6, 6.07) is 16.2. The maximum atomic E-state index is 11.0. The average Bonchev–Trinajstić information content (AvgIpc) is 2.59. The lowest BCUT2D eigenvalue weighted by Crippen LogP contribution is -2.04. The summed E-state index contributed by atoms with van der Waals surface area (Å²) < 4.78 is 10.2. The molecule has 0 aliphatic heterocycles. The zero-order valence-electron chi connectivity index (χ0n) is 12.7. The highest BCUT2D eigenvalue weighted by Gasteiger charge is 2.01. The highest BCUT2D eigenvalue weighted by atomic mass is 16.5. The molecule has 22 heavy (non-hydrogen) atoms. The van der Waals surface area contributed by atoms with E-state index < -0.39 is 0 Å². The van der Waals surface area contributed by atoms with Crippen LogP contribution < -0.4 is 4.74 Å². The zero-order valence-corrected chi connectivity index (χ0v) is 12.7. The average molecular weight is 296 g/mol. The van der Waals surface area contributed by atoms with Crippen LogP contribution in [0.4, 0.5) is 0 Å². The number of methoxy groups -OCH3 is 1. The first kappa shape index (κ1) is 15.8. The minimum atomic E-state index is -0.207. The highest BCUT2D eigenvalue weighted by Crippen LogP contribution is 2.23. The third-order valence-electron chi connectivity index (χ3n) is 3.36. The monoisotopic (exact) mass is 296 g/mol. The molecule has 2 aromatic carbocycles. The van der Waals surface area contributed by atoms with Gasteiger partial charge in [0.1, 0.15) is 5.75 Å². The molecule has 114 valence electrons. The minimum absolute atomic E-state index is 0.207. The standard InChI is InChI=1S/C19H20O3/c1-3-15-6-8-16(9-7-15)17-10-12-18(13-11-17)22-14-4-5-19(20)21-2/h3,6-13H,1,4-5,14H2,2H3. The molecule has 0 aliphatic rings. The van der Waals surface area contributed by atoms with Crippen molar-refractivity contribution >= 4 is 12.0 Å². The Kier molecular flexibility index (Phi) is 5.78. The number of carbonyl (C=O) groups is 1. The summed E-state index contributed by atoms with van der Waals surface area (Å²) in [5, 5.41) is 0. The van der Waals surface area contributed by atoms with Crippen LogP contribution in [0.25, 0.3) is 17.2 Å². The second kappa shape index (κ2) is 8.03. The van der Waals surface area contributed by atoms with E-state index in [9.17, 15) is 4.79 Å². The van der Waals surface area contributed by atoms with E-state index in [-0.39, 0.29) is 5.97 Å². The van der Waals surface area contributed by atoms with Crippen LogP contribution >= 0.6 is 0 Å². The predicted octanol–water partition coefficient (Wildman–Crippen LogP) is 4.33. The molecule has 0 saturated carbocycles. The Morgan fingerprint density at radius 1 is 1.05 bits per heavy atom. The van der Waals surface area contributed by atoms with Crippen LogP contribution in [0.3, 0.4) is 0 Å². The molecule has 0 spiro atoms. The van der Waals surface area contributed by atoms with Gasteiger partial charge >= 0.3 is 5.97 Å². The molecule has 0 N–H and O–H groups in total. The van der Waals surface area contributed by atoms with Crippen LogP contribution in [0.15, 0.2) is 55.1 Å². The third kappa shape index (κ3) is 4.48. The number of carbonyl (C=O) groups excluding carboxylic acids is 1. The topological polar surface area (TPSA) is 35.5 Å². The largest absolute Gasteiger partial charge is 0.494 e. The predicted molar refractivity (Wildman–Crippen MR) is 88.7 cm³/mol. The van der Waals surface area contributed by atoms with Crippen LogP contribution in [0.5, 0.6) is 5.75 Å². The van der Waals surface area contributed by atoms with Gasteiger partial charge in [0.15, 0.2) is 0 Å². The Bertz CT molecular complexity index is 612. The Morgan fingerprint density at radius 2 is 1.64 bits per heavy atom. The summed E-state index contributed by atoms with van der Waals surface area (Å²) in [5.74, 6) is 0.596. The molecule has 0 heterocycles. The van der Waals surface area contributed by atoms with Crippen LogP contribution in [-0.2, 0) is 9.53 Å².